The van der Waals surface area contributed by atoms with E-state index in [0.29, 0.717) is 12.5 Å². The Morgan fingerprint density at radius 2 is 2.36 bits per heavy atom. The Hall–Kier alpha value is -0.590. The van der Waals surface area contributed by atoms with Crippen LogP contribution >= 0.6 is 0 Å². The molecule has 1 N–H and O–H groups in total. The first-order valence-electron chi connectivity index (χ1n) is 5.63. The van der Waals surface area contributed by atoms with E-state index >= 15 is 0 Å². The quantitative estimate of drug-likeness (QED) is 0.673. The monoisotopic (exact) mass is 195 g/mol. The molecule has 3 heteroatoms. The summed E-state index contributed by atoms with van der Waals surface area (Å²) in [6.07, 6.45) is 5.56. The number of nitriles is 1. The second-order valence-corrected chi connectivity index (χ2v) is 4.04. The van der Waals surface area contributed by atoms with Crippen LogP contribution in [0.25, 0.3) is 0 Å². The highest BCUT2D eigenvalue weighted by molar-refractivity contribution is 4.77. The smallest absolute Gasteiger partial charge is 0.0621 e. The van der Waals surface area contributed by atoms with Gasteiger partial charge in [0, 0.05) is 19.0 Å². The molecular formula is C11H21N3. The number of hydrogen-bond acceptors (Lipinski definition) is 3. The molecule has 0 saturated carbocycles. The molecule has 0 amide bonds. The summed E-state index contributed by atoms with van der Waals surface area (Å²) in [7, 11) is 2.05. The van der Waals surface area contributed by atoms with Crippen LogP contribution in [0.4, 0.5) is 0 Å². The highest BCUT2D eigenvalue weighted by Crippen LogP contribution is 2.10. The molecule has 80 valence electrons. The van der Waals surface area contributed by atoms with Crippen molar-refractivity contribution in [2.45, 2.75) is 38.1 Å². The molecule has 1 saturated heterocycles. The maximum atomic E-state index is 8.41. The van der Waals surface area contributed by atoms with Crippen LogP contribution in [-0.4, -0.2) is 37.6 Å². The van der Waals surface area contributed by atoms with Crippen molar-refractivity contribution < 1.29 is 0 Å². The average Bonchev–Trinajstić information content (AvgIpc) is 2.25. The van der Waals surface area contributed by atoms with E-state index in [1.807, 2.05) is 7.05 Å². The summed E-state index contributed by atoms with van der Waals surface area (Å²) in [5, 5.41) is 11.8. The lowest BCUT2D eigenvalue weighted by Gasteiger charge is -2.32. The van der Waals surface area contributed by atoms with Gasteiger partial charge in [0.1, 0.15) is 0 Å². The summed E-state index contributed by atoms with van der Waals surface area (Å²) in [4.78, 5) is 2.52. The van der Waals surface area contributed by atoms with E-state index in [9.17, 15) is 0 Å². The van der Waals surface area contributed by atoms with Crippen LogP contribution in [0.5, 0.6) is 0 Å². The molecule has 0 aromatic rings. The summed E-state index contributed by atoms with van der Waals surface area (Å²) in [5.74, 6) is 0. The van der Waals surface area contributed by atoms with Crippen LogP contribution in [0.3, 0.4) is 0 Å². The predicted molar refractivity (Wildman–Crippen MR) is 58.0 cm³/mol. The SMILES string of the molecule is CNC1CCCN(CCCCC#N)C1. The third-order valence-corrected chi connectivity index (χ3v) is 2.93. The van der Waals surface area contributed by atoms with Gasteiger partial charge in [0.25, 0.3) is 0 Å². The number of hydrogen-bond donors (Lipinski definition) is 1. The standard InChI is InChI=1S/C11H21N3/c1-13-11-6-5-9-14(10-11)8-4-2-3-7-12/h11,13H,2-6,8-10H2,1H3. The average molecular weight is 195 g/mol. The van der Waals surface area contributed by atoms with Crippen LogP contribution in [-0.2, 0) is 0 Å². The molecule has 0 bridgehead atoms. The highest BCUT2D eigenvalue weighted by Gasteiger charge is 2.17. The van der Waals surface area contributed by atoms with Crippen molar-refractivity contribution in [3.8, 4) is 6.07 Å². The van der Waals surface area contributed by atoms with Crippen LogP contribution < -0.4 is 5.32 Å². The Morgan fingerprint density at radius 3 is 3.07 bits per heavy atom. The largest absolute Gasteiger partial charge is 0.316 e. The zero-order valence-corrected chi connectivity index (χ0v) is 9.13. The van der Waals surface area contributed by atoms with Crippen molar-refractivity contribution in [3.63, 3.8) is 0 Å². The Labute approximate surface area is 87.1 Å². The van der Waals surface area contributed by atoms with Crippen molar-refractivity contribution in [2.75, 3.05) is 26.7 Å². The molecule has 0 aliphatic carbocycles. The Kier molecular flexibility index (Phi) is 5.58. The maximum absolute atomic E-state index is 8.41. The van der Waals surface area contributed by atoms with Gasteiger partial charge in [-0.3, -0.25) is 0 Å². The molecule has 1 rings (SSSR count). The molecule has 1 fully saturated rings. The number of nitrogens with one attached hydrogen (secondary N) is 1. The predicted octanol–water partition coefficient (Wildman–Crippen LogP) is 1.36. The molecular weight excluding hydrogens is 174 g/mol. The van der Waals surface area contributed by atoms with Crippen LogP contribution in [0.2, 0.25) is 0 Å². The van der Waals surface area contributed by atoms with E-state index in [0.717, 1.165) is 6.42 Å². The second kappa shape index (κ2) is 6.80. The van der Waals surface area contributed by atoms with Gasteiger partial charge in [0.05, 0.1) is 6.07 Å². The number of likely N-dealkylation sites (N-methyl/N-ethyl adjacent to an activating group) is 1. The number of nitrogens with zero attached hydrogens (tertiary/aromatic N) is 2. The normalized spacial score (nSPS) is 23.3. The van der Waals surface area contributed by atoms with Crippen LogP contribution in [0.1, 0.15) is 32.1 Å². The van der Waals surface area contributed by atoms with E-state index in [1.165, 1.54) is 38.9 Å². The van der Waals surface area contributed by atoms with E-state index in [2.05, 4.69) is 16.3 Å². The molecule has 1 atom stereocenters. The third kappa shape index (κ3) is 4.08. The topological polar surface area (TPSA) is 39.1 Å². The summed E-state index contributed by atoms with van der Waals surface area (Å²) < 4.78 is 0. The minimum absolute atomic E-state index is 0.680. The van der Waals surface area contributed by atoms with Gasteiger partial charge in [0.2, 0.25) is 0 Å². The van der Waals surface area contributed by atoms with E-state index in [1.54, 1.807) is 0 Å². The number of unbranched alkanes of at least 4 members (excludes halogenated alkanes) is 2. The van der Waals surface area contributed by atoms with Crippen LogP contribution in [0.15, 0.2) is 0 Å². The van der Waals surface area contributed by atoms with Crippen molar-refractivity contribution >= 4 is 0 Å². The van der Waals surface area contributed by atoms with Crippen molar-refractivity contribution in [3.05, 3.63) is 0 Å². The summed E-state index contributed by atoms with van der Waals surface area (Å²) in [6, 6.07) is 2.87. The van der Waals surface area contributed by atoms with Gasteiger partial charge < -0.3 is 10.2 Å². The zero-order valence-electron chi connectivity index (χ0n) is 9.13. The minimum atomic E-state index is 0.680. The first-order valence-corrected chi connectivity index (χ1v) is 5.63. The van der Waals surface area contributed by atoms with Gasteiger partial charge in [-0.2, -0.15) is 5.26 Å². The first-order chi connectivity index (χ1) is 6.86. The molecule has 1 aliphatic rings. The summed E-state index contributed by atoms with van der Waals surface area (Å²) in [5.41, 5.74) is 0. The van der Waals surface area contributed by atoms with Gasteiger partial charge in [0.15, 0.2) is 0 Å². The molecule has 1 heterocycles. The number of piperidine rings is 1. The van der Waals surface area contributed by atoms with Crippen molar-refractivity contribution in [1.82, 2.24) is 10.2 Å². The Morgan fingerprint density at radius 1 is 1.50 bits per heavy atom. The minimum Gasteiger partial charge on any atom is -0.316 e. The van der Waals surface area contributed by atoms with Gasteiger partial charge in [-0.1, -0.05) is 0 Å². The molecule has 0 aromatic carbocycles. The van der Waals surface area contributed by atoms with Gasteiger partial charge >= 0.3 is 0 Å². The fourth-order valence-corrected chi connectivity index (χ4v) is 2.03. The lowest BCUT2D eigenvalue weighted by molar-refractivity contribution is 0.192. The number of rotatable bonds is 5. The lowest BCUT2D eigenvalue weighted by Crippen LogP contribution is -2.44. The lowest BCUT2D eigenvalue weighted by atomic mass is 10.1. The molecule has 3 nitrogen and oxygen atoms in total. The summed E-state index contributed by atoms with van der Waals surface area (Å²) >= 11 is 0. The first kappa shape index (κ1) is 11.5. The fourth-order valence-electron chi connectivity index (χ4n) is 2.03. The van der Waals surface area contributed by atoms with Crippen molar-refractivity contribution in [1.29, 1.82) is 5.26 Å². The zero-order chi connectivity index (χ0) is 10.2. The van der Waals surface area contributed by atoms with Crippen molar-refractivity contribution in [2.24, 2.45) is 0 Å². The van der Waals surface area contributed by atoms with Gasteiger partial charge in [-0.25, -0.2) is 0 Å². The van der Waals surface area contributed by atoms with E-state index in [4.69, 9.17) is 5.26 Å². The molecule has 1 aliphatic heterocycles. The molecule has 0 aromatic heterocycles. The Balaban J connectivity index is 2.08. The highest BCUT2D eigenvalue weighted by atomic mass is 15.2. The van der Waals surface area contributed by atoms with E-state index < -0.39 is 0 Å². The molecule has 14 heavy (non-hydrogen) atoms. The number of likely N-dealkylation sites (tertiary alicyclic amines) is 1. The van der Waals surface area contributed by atoms with Gasteiger partial charge in [-0.15, -0.1) is 0 Å². The summed E-state index contributed by atoms with van der Waals surface area (Å²) in [6.45, 7) is 3.59. The molecule has 0 radical (unpaired) electrons. The molecule has 1 unspecified atom stereocenters. The van der Waals surface area contributed by atoms with Crippen LogP contribution in [0, 0.1) is 11.3 Å². The second-order valence-electron chi connectivity index (χ2n) is 4.04. The van der Waals surface area contributed by atoms with E-state index in [-0.39, 0.29) is 0 Å². The third-order valence-electron chi connectivity index (χ3n) is 2.93. The fraction of sp³-hybridized carbons (Fsp3) is 0.909. The van der Waals surface area contributed by atoms with Gasteiger partial charge in [-0.05, 0) is 45.8 Å². The Bertz CT molecular complexity index is 185. The molecule has 0 spiro atoms. The maximum Gasteiger partial charge on any atom is 0.0621 e.